The first kappa shape index (κ1) is 17.7. The molecule has 1 aliphatic heterocycles. The van der Waals surface area contributed by atoms with Crippen molar-refractivity contribution in [2.24, 2.45) is 0 Å². The first-order chi connectivity index (χ1) is 12.4. The number of hydrogen-bond donors (Lipinski definition) is 0. The Kier molecular flexibility index (Phi) is 7.04. The van der Waals surface area contributed by atoms with Gasteiger partial charge in [0.2, 0.25) is 0 Å². The Balaban J connectivity index is 1.56. The van der Waals surface area contributed by atoms with Crippen LogP contribution in [0.2, 0.25) is 0 Å². The smallest absolute Gasteiger partial charge is 0.0703 e. The van der Waals surface area contributed by atoms with E-state index in [-0.39, 0.29) is 0 Å². The van der Waals surface area contributed by atoms with E-state index in [1.165, 1.54) is 24.0 Å². The average Bonchev–Trinajstić information content (AvgIpc) is 3.16. The van der Waals surface area contributed by atoms with Gasteiger partial charge in [-0.3, -0.25) is 4.90 Å². The minimum absolute atomic E-state index is 0.384. The van der Waals surface area contributed by atoms with Crippen molar-refractivity contribution in [2.75, 3.05) is 26.2 Å². The fourth-order valence-electron chi connectivity index (χ4n) is 3.10. The fraction of sp³-hybridized carbons (Fsp3) is 0.304. The molecule has 0 N–H and O–H groups in total. The lowest BCUT2D eigenvalue weighted by Crippen LogP contribution is -2.32. The predicted molar refractivity (Wildman–Crippen MR) is 106 cm³/mol. The average molecular weight is 333 g/mol. The van der Waals surface area contributed by atoms with Gasteiger partial charge in [0, 0.05) is 26.2 Å². The fourth-order valence-corrected chi connectivity index (χ4v) is 3.10. The van der Waals surface area contributed by atoms with Crippen LogP contribution in [0.4, 0.5) is 0 Å². The van der Waals surface area contributed by atoms with Crippen LogP contribution in [0, 0.1) is 0 Å². The molecule has 25 heavy (non-hydrogen) atoms. The number of benzene rings is 2. The summed E-state index contributed by atoms with van der Waals surface area (Å²) in [6.45, 7) is 3.79. The molecule has 1 saturated heterocycles. The molecule has 0 bridgehead atoms. The molecule has 2 aromatic rings. The van der Waals surface area contributed by atoms with Gasteiger partial charge in [-0.15, -0.1) is 0 Å². The van der Waals surface area contributed by atoms with E-state index in [1.54, 1.807) is 0 Å². The van der Waals surface area contributed by atoms with Crippen molar-refractivity contribution in [3.63, 3.8) is 0 Å². The largest absolute Gasteiger partial charge is 0.377 e. The Bertz CT molecular complexity index is 606. The molecule has 2 nitrogen and oxygen atoms in total. The van der Waals surface area contributed by atoms with E-state index in [0.717, 1.165) is 26.2 Å². The summed E-state index contributed by atoms with van der Waals surface area (Å²) >= 11 is 0. The third kappa shape index (κ3) is 6.33. The lowest BCUT2D eigenvalue weighted by molar-refractivity contribution is 0.0804. The highest BCUT2D eigenvalue weighted by atomic mass is 16.5. The standard InChI is InChI=1S/C23H27NO/c1-3-10-21(11-4-1)14-7-17-24(20-23-16-9-19-25-23)18-8-15-22-12-5-2-6-13-22/h1-8,10-15,23H,9,16-20H2/b14-7+,15-8+/t23-/m1/s1. The minimum atomic E-state index is 0.384. The van der Waals surface area contributed by atoms with Crippen molar-refractivity contribution < 1.29 is 4.74 Å². The van der Waals surface area contributed by atoms with Crippen molar-refractivity contribution in [3.05, 3.63) is 83.9 Å². The Hall–Kier alpha value is -2.16. The molecular formula is C23H27NO. The molecule has 0 unspecified atom stereocenters. The molecule has 0 aliphatic carbocycles. The molecule has 0 spiro atoms. The third-order valence-electron chi connectivity index (χ3n) is 4.43. The zero-order valence-electron chi connectivity index (χ0n) is 14.8. The molecular weight excluding hydrogens is 306 g/mol. The number of hydrogen-bond acceptors (Lipinski definition) is 2. The topological polar surface area (TPSA) is 12.5 Å². The Morgan fingerprint density at radius 2 is 1.40 bits per heavy atom. The maximum atomic E-state index is 5.82. The van der Waals surface area contributed by atoms with Gasteiger partial charge in [-0.2, -0.15) is 0 Å². The Morgan fingerprint density at radius 1 is 0.840 bits per heavy atom. The SMILES string of the molecule is C(=C\c1ccccc1)/CN(C/C=C/c1ccccc1)C[C@H]1CCCO1. The van der Waals surface area contributed by atoms with Crippen molar-refractivity contribution in [3.8, 4) is 0 Å². The van der Waals surface area contributed by atoms with E-state index in [4.69, 9.17) is 4.74 Å². The van der Waals surface area contributed by atoms with E-state index in [0.29, 0.717) is 6.10 Å². The van der Waals surface area contributed by atoms with Crippen LogP contribution in [0.25, 0.3) is 12.2 Å². The summed E-state index contributed by atoms with van der Waals surface area (Å²) in [5, 5.41) is 0. The van der Waals surface area contributed by atoms with Gasteiger partial charge in [-0.05, 0) is 24.0 Å². The first-order valence-electron chi connectivity index (χ1n) is 9.17. The maximum Gasteiger partial charge on any atom is 0.0703 e. The lowest BCUT2D eigenvalue weighted by atomic mass is 10.2. The summed E-state index contributed by atoms with van der Waals surface area (Å²) < 4.78 is 5.82. The summed E-state index contributed by atoms with van der Waals surface area (Å²) in [4.78, 5) is 2.45. The van der Waals surface area contributed by atoms with Crippen molar-refractivity contribution in [1.29, 1.82) is 0 Å². The van der Waals surface area contributed by atoms with Gasteiger partial charge in [0.25, 0.3) is 0 Å². The van der Waals surface area contributed by atoms with Crippen LogP contribution in [-0.2, 0) is 4.74 Å². The molecule has 1 atom stereocenters. The highest BCUT2D eigenvalue weighted by Crippen LogP contribution is 2.14. The quantitative estimate of drug-likeness (QED) is 0.682. The van der Waals surface area contributed by atoms with Gasteiger partial charge in [-0.25, -0.2) is 0 Å². The highest BCUT2D eigenvalue weighted by molar-refractivity contribution is 5.49. The second-order valence-electron chi connectivity index (χ2n) is 6.48. The number of ether oxygens (including phenoxy) is 1. The van der Waals surface area contributed by atoms with Crippen molar-refractivity contribution >= 4 is 12.2 Å². The van der Waals surface area contributed by atoms with Gasteiger partial charge in [0.05, 0.1) is 6.10 Å². The monoisotopic (exact) mass is 333 g/mol. The summed E-state index contributed by atoms with van der Waals surface area (Å²) in [6, 6.07) is 20.9. The van der Waals surface area contributed by atoms with Crippen LogP contribution in [0.1, 0.15) is 24.0 Å². The van der Waals surface area contributed by atoms with Crippen LogP contribution >= 0.6 is 0 Å². The van der Waals surface area contributed by atoms with E-state index >= 15 is 0 Å². The van der Waals surface area contributed by atoms with Gasteiger partial charge < -0.3 is 4.74 Å². The third-order valence-corrected chi connectivity index (χ3v) is 4.43. The zero-order chi connectivity index (χ0) is 17.2. The second-order valence-corrected chi connectivity index (χ2v) is 6.48. The van der Waals surface area contributed by atoms with Gasteiger partial charge in [0.1, 0.15) is 0 Å². The highest BCUT2D eigenvalue weighted by Gasteiger charge is 2.17. The molecule has 0 saturated carbocycles. The second kappa shape index (κ2) is 9.97. The molecule has 130 valence electrons. The molecule has 2 aromatic carbocycles. The normalized spacial score (nSPS) is 17.9. The van der Waals surface area contributed by atoms with Crippen molar-refractivity contribution in [2.45, 2.75) is 18.9 Å². The Morgan fingerprint density at radius 3 is 1.88 bits per heavy atom. The van der Waals surface area contributed by atoms with E-state index in [1.807, 2.05) is 0 Å². The zero-order valence-corrected chi connectivity index (χ0v) is 14.8. The van der Waals surface area contributed by atoms with Crippen LogP contribution in [-0.4, -0.2) is 37.2 Å². The molecule has 0 radical (unpaired) electrons. The minimum Gasteiger partial charge on any atom is -0.377 e. The number of rotatable bonds is 8. The van der Waals surface area contributed by atoms with Gasteiger partial charge >= 0.3 is 0 Å². The van der Waals surface area contributed by atoms with E-state index in [9.17, 15) is 0 Å². The van der Waals surface area contributed by atoms with Gasteiger partial charge in [0.15, 0.2) is 0 Å². The van der Waals surface area contributed by atoms with E-state index < -0.39 is 0 Å². The molecule has 3 rings (SSSR count). The summed E-state index contributed by atoms with van der Waals surface area (Å²) in [7, 11) is 0. The van der Waals surface area contributed by atoms with Crippen LogP contribution in [0.3, 0.4) is 0 Å². The van der Waals surface area contributed by atoms with Crippen molar-refractivity contribution in [1.82, 2.24) is 4.90 Å². The summed E-state index contributed by atoms with van der Waals surface area (Å²) in [5.74, 6) is 0. The van der Waals surface area contributed by atoms with E-state index in [2.05, 4.69) is 89.9 Å². The molecule has 1 aliphatic rings. The number of nitrogens with zero attached hydrogens (tertiary/aromatic N) is 1. The molecule has 0 aromatic heterocycles. The van der Waals surface area contributed by atoms with Crippen LogP contribution < -0.4 is 0 Å². The molecule has 1 fully saturated rings. The maximum absolute atomic E-state index is 5.82. The summed E-state index contributed by atoms with van der Waals surface area (Å²) in [6.07, 6.45) is 11.7. The molecule has 2 heteroatoms. The van der Waals surface area contributed by atoms with Crippen LogP contribution in [0.15, 0.2) is 72.8 Å². The molecule has 0 amide bonds. The Labute approximate surface area is 151 Å². The van der Waals surface area contributed by atoms with Gasteiger partial charge in [-0.1, -0.05) is 85.0 Å². The van der Waals surface area contributed by atoms with Crippen LogP contribution in [0.5, 0.6) is 0 Å². The summed E-state index contributed by atoms with van der Waals surface area (Å²) in [5.41, 5.74) is 2.50. The molecule has 1 heterocycles. The predicted octanol–water partition coefficient (Wildman–Crippen LogP) is 4.89. The first-order valence-corrected chi connectivity index (χ1v) is 9.17. The lowest BCUT2D eigenvalue weighted by Gasteiger charge is -2.22.